The van der Waals surface area contributed by atoms with Crippen LogP contribution in [0.3, 0.4) is 0 Å². The van der Waals surface area contributed by atoms with Gasteiger partial charge in [0.1, 0.15) is 0 Å². The molecule has 0 aromatic heterocycles. The second-order valence-electron chi connectivity index (χ2n) is 6.84. The molecule has 0 amide bonds. The highest BCUT2D eigenvalue weighted by atomic mass is 19.4. The van der Waals surface area contributed by atoms with E-state index in [0.29, 0.717) is 0 Å². The van der Waals surface area contributed by atoms with Gasteiger partial charge in [0.15, 0.2) is 6.61 Å². The molecule has 1 fully saturated rings. The van der Waals surface area contributed by atoms with Crippen LogP contribution in [0, 0.1) is 11.3 Å². The zero-order valence-electron chi connectivity index (χ0n) is 13.9. The molecule has 0 saturated carbocycles. The van der Waals surface area contributed by atoms with Gasteiger partial charge in [-0.05, 0) is 20.8 Å². The SMILES string of the molecule is CC1CC(C(=O)OCC(F)(F)F)(C(F)(F)F)OC1OC(=O)C(C)(C)C. The second-order valence-corrected chi connectivity index (χ2v) is 6.84. The van der Waals surface area contributed by atoms with Crippen LogP contribution in [0.2, 0.25) is 0 Å². The lowest BCUT2D eigenvalue weighted by Gasteiger charge is -2.29. The van der Waals surface area contributed by atoms with Crippen LogP contribution in [0.4, 0.5) is 26.3 Å². The Kier molecular flexibility index (Phi) is 5.73. The summed E-state index contributed by atoms with van der Waals surface area (Å²) in [6.07, 6.45) is -13.1. The fourth-order valence-electron chi connectivity index (χ4n) is 2.03. The van der Waals surface area contributed by atoms with Crippen LogP contribution in [0.5, 0.6) is 0 Å². The highest BCUT2D eigenvalue weighted by Crippen LogP contribution is 2.47. The summed E-state index contributed by atoms with van der Waals surface area (Å²) in [4.78, 5) is 23.5. The van der Waals surface area contributed by atoms with E-state index < -0.39 is 60.5 Å². The number of hydrogen-bond donors (Lipinski definition) is 0. The van der Waals surface area contributed by atoms with Gasteiger partial charge in [-0.3, -0.25) is 4.79 Å². The van der Waals surface area contributed by atoms with Crippen molar-refractivity contribution in [1.82, 2.24) is 0 Å². The van der Waals surface area contributed by atoms with Gasteiger partial charge in [-0.2, -0.15) is 26.3 Å². The smallest absolute Gasteiger partial charge is 0.428 e. The number of carbonyl (C=O) groups is 2. The lowest BCUT2D eigenvalue weighted by molar-refractivity contribution is -0.295. The third-order valence-electron chi connectivity index (χ3n) is 3.38. The van der Waals surface area contributed by atoms with Crippen LogP contribution in [0.1, 0.15) is 34.1 Å². The van der Waals surface area contributed by atoms with Crippen molar-refractivity contribution < 1.29 is 50.1 Å². The lowest BCUT2D eigenvalue weighted by Crippen LogP contribution is -2.53. The molecule has 0 aliphatic carbocycles. The molecular weight excluding hydrogens is 362 g/mol. The molecule has 3 atom stereocenters. The maximum absolute atomic E-state index is 13.4. The summed E-state index contributed by atoms with van der Waals surface area (Å²) in [6, 6.07) is 0. The van der Waals surface area contributed by atoms with Gasteiger partial charge in [0.25, 0.3) is 5.60 Å². The van der Waals surface area contributed by atoms with E-state index in [-0.39, 0.29) is 0 Å². The number of esters is 2. The van der Waals surface area contributed by atoms with Gasteiger partial charge in [0.05, 0.1) is 5.41 Å². The first kappa shape index (κ1) is 21.5. The Labute approximate surface area is 139 Å². The number of hydrogen-bond acceptors (Lipinski definition) is 5. The first-order valence-corrected chi connectivity index (χ1v) is 7.19. The predicted molar refractivity (Wildman–Crippen MR) is 70.0 cm³/mol. The van der Waals surface area contributed by atoms with Gasteiger partial charge < -0.3 is 14.2 Å². The van der Waals surface area contributed by atoms with Gasteiger partial charge in [0, 0.05) is 12.3 Å². The quantitative estimate of drug-likeness (QED) is 0.555. The van der Waals surface area contributed by atoms with Crippen LogP contribution in [-0.2, 0) is 23.8 Å². The molecule has 146 valence electrons. The monoisotopic (exact) mass is 380 g/mol. The maximum atomic E-state index is 13.4. The molecule has 11 heteroatoms. The molecule has 1 aliphatic rings. The van der Waals surface area contributed by atoms with E-state index in [1.54, 1.807) is 0 Å². The molecular formula is C14H18F6O5. The number of alkyl halides is 6. The third-order valence-corrected chi connectivity index (χ3v) is 3.38. The molecule has 1 aliphatic heterocycles. The van der Waals surface area contributed by atoms with Gasteiger partial charge in [-0.1, -0.05) is 6.92 Å². The maximum Gasteiger partial charge on any atom is 0.428 e. The predicted octanol–water partition coefficient (Wildman–Crippen LogP) is 3.36. The summed E-state index contributed by atoms with van der Waals surface area (Å²) in [5.41, 5.74) is -4.68. The van der Waals surface area contributed by atoms with Gasteiger partial charge in [-0.15, -0.1) is 0 Å². The van der Waals surface area contributed by atoms with Crippen molar-refractivity contribution in [3.05, 3.63) is 0 Å². The fourth-order valence-corrected chi connectivity index (χ4v) is 2.03. The molecule has 1 saturated heterocycles. The minimum Gasteiger partial charge on any atom is -0.454 e. The lowest BCUT2D eigenvalue weighted by atomic mass is 9.94. The van der Waals surface area contributed by atoms with Gasteiger partial charge in [0.2, 0.25) is 6.29 Å². The first-order chi connectivity index (χ1) is 11.0. The van der Waals surface area contributed by atoms with E-state index in [1.165, 1.54) is 27.7 Å². The normalized spacial score (nSPS) is 27.9. The van der Waals surface area contributed by atoms with Crippen LogP contribution in [0.15, 0.2) is 0 Å². The standard InChI is InChI=1S/C14H18F6O5/c1-7-5-12(14(18,19)20,10(22)23-6-13(15,16)17)25-8(7)24-9(21)11(2,3)4/h7-8H,5-6H2,1-4H3. The van der Waals surface area contributed by atoms with Gasteiger partial charge in [-0.25, -0.2) is 4.79 Å². The van der Waals surface area contributed by atoms with Crippen LogP contribution in [0.25, 0.3) is 0 Å². The molecule has 0 N–H and O–H groups in total. The minimum atomic E-state index is -5.35. The van der Waals surface area contributed by atoms with E-state index in [4.69, 9.17) is 4.74 Å². The van der Waals surface area contributed by atoms with Crippen molar-refractivity contribution in [3.63, 3.8) is 0 Å². The van der Waals surface area contributed by atoms with E-state index in [1.807, 2.05) is 0 Å². The molecule has 0 aromatic carbocycles. The molecule has 25 heavy (non-hydrogen) atoms. The topological polar surface area (TPSA) is 61.8 Å². The summed E-state index contributed by atoms with van der Waals surface area (Å²) >= 11 is 0. The zero-order valence-corrected chi connectivity index (χ0v) is 13.9. The first-order valence-electron chi connectivity index (χ1n) is 7.19. The summed E-state index contributed by atoms with van der Waals surface area (Å²) in [7, 11) is 0. The highest BCUT2D eigenvalue weighted by molar-refractivity contribution is 5.81. The fraction of sp³-hybridized carbons (Fsp3) is 0.857. The Morgan fingerprint density at radius 3 is 2.04 bits per heavy atom. The van der Waals surface area contributed by atoms with Crippen LogP contribution in [-0.4, -0.2) is 42.8 Å². The van der Waals surface area contributed by atoms with Crippen molar-refractivity contribution in [2.45, 2.75) is 58.4 Å². The number of carbonyl (C=O) groups excluding carboxylic acids is 2. The third kappa shape index (κ3) is 4.99. The molecule has 5 nitrogen and oxygen atoms in total. The summed E-state index contributed by atoms with van der Waals surface area (Å²) < 4.78 is 89.6. The highest BCUT2D eigenvalue weighted by Gasteiger charge is 2.69. The minimum absolute atomic E-state index is 0.883. The number of halogens is 6. The second kappa shape index (κ2) is 6.65. The molecule has 0 bridgehead atoms. The summed E-state index contributed by atoms with van der Waals surface area (Å²) in [5.74, 6) is -4.20. The van der Waals surface area contributed by atoms with E-state index in [9.17, 15) is 35.9 Å². The Balaban J connectivity index is 3.02. The molecule has 0 spiro atoms. The van der Waals surface area contributed by atoms with Crippen LogP contribution < -0.4 is 0 Å². The van der Waals surface area contributed by atoms with E-state index in [2.05, 4.69) is 9.47 Å². The summed E-state index contributed by atoms with van der Waals surface area (Å²) in [5, 5.41) is 0. The van der Waals surface area contributed by atoms with Crippen molar-refractivity contribution in [1.29, 1.82) is 0 Å². The summed E-state index contributed by atoms with van der Waals surface area (Å²) in [6.45, 7) is 3.37. The molecule has 0 aromatic rings. The van der Waals surface area contributed by atoms with Crippen molar-refractivity contribution in [2.24, 2.45) is 11.3 Å². The Bertz CT molecular complexity index is 521. The Hall–Kier alpha value is -1.52. The molecule has 0 radical (unpaired) electrons. The van der Waals surface area contributed by atoms with Crippen LogP contribution >= 0.6 is 0 Å². The Morgan fingerprint density at radius 1 is 1.12 bits per heavy atom. The molecule has 3 unspecified atom stereocenters. The van der Waals surface area contributed by atoms with E-state index >= 15 is 0 Å². The molecule has 1 rings (SSSR count). The number of ether oxygens (including phenoxy) is 3. The number of rotatable bonds is 3. The van der Waals surface area contributed by atoms with Crippen molar-refractivity contribution in [2.75, 3.05) is 6.61 Å². The zero-order chi connectivity index (χ0) is 19.8. The van der Waals surface area contributed by atoms with E-state index in [0.717, 1.165) is 0 Å². The Morgan fingerprint density at radius 2 is 1.64 bits per heavy atom. The van der Waals surface area contributed by atoms with Crippen molar-refractivity contribution in [3.8, 4) is 0 Å². The van der Waals surface area contributed by atoms with Crippen molar-refractivity contribution >= 4 is 11.9 Å². The average Bonchev–Trinajstić information content (AvgIpc) is 2.72. The average molecular weight is 380 g/mol. The van der Waals surface area contributed by atoms with Gasteiger partial charge >= 0.3 is 24.3 Å². The molecule has 1 heterocycles. The largest absolute Gasteiger partial charge is 0.454 e.